The van der Waals surface area contributed by atoms with Crippen LogP contribution in [-0.2, 0) is 4.74 Å². The molecule has 1 unspecified atom stereocenters. The van der Waals surface area contributed by atoms with Gasteiger partial charge in [-0.2, -0.15) is 0 Å². The van der Waals surface area contributed by atoms with Crippen molar-refractivity contribution in [1.29, 1.82) is 0 Å². The molecular weight excluding hydrogens is 312 g/mol. The Morgan fingerprint density at radius 1 is 1.26 bits per heavy atom. The summed E-state index contributed by atoms with van der Waals surface area (Å²) < 4.78 is 10.4. The van der Waals surface area contributed by atoms with Crippen molar-refractivity contribution in [3.8, 4) is 5.75 Å². The predicted octanol–water partition coefficient (Wildman–Crippen LogP) is 3.23. The van der Waals surface area contributed by atoms with E-state index in [-0.39, 0.29) is 22.8 Å². The van der Waals surface area contributed by atoms with Gasteiger partial charge in [-0.15, -0.1) is 0 Å². The minimum Gasteiger partial charge on any atom is -0.493 e. The van der Waals surface area contributed by atoms with Crippen molar-refractivity contribution in [2.45, 2.75) is 25.6 Å². The van der Waals surface area contributed by atoms with E-state index in [2.05, 4.69) is 15.9 Å². The van der Waals surface area contributed by atoms with Gasteiger partial charge in [0.05, 0.1) is 18.0 Å². The van der Waals surface area contributed by atoms with Gasteiger partial charge < -0.3 is 9.47 Å². The lowest BCUT2D eigenvalue weighted by Crippen LogP contribution is -2.18. The smallest absolute Gasteiger partial charge is 0.342 e. The van der Waals surface area contributed by atoms with E-state index in [9.17, 15) is 9.59 Å². The number of carbonyl (C=O) groups is 2. The van der Waals surface area contributed by atoms with Crippen LogP contribution in [0.1, 0.15) is 41.5 Å². The maximum Gasteiger partial charge on any atom is 0.342 e. The van der Waals surface area contributed by atoms with Gasteiger partial charge in [0.2, 0.25) is 0 Å². The molecule has 0 aliphatic carbocycles. The monoisotopic (exact) mass is 328 g/mol. The van der Waals surface area contributed by atoms with Gasteiger partial charge in [-0.25, -0.2) is 4.79 Å². The molecule has 0 aliphatic rings. The Bertz CT molecular complexity index is 469. The number of ketones is 1. The number of benzene rings is 1. The molecular formula is C14H17BrO4. The summed E-state index contributed by atoms with van der Waals surface area (Å²) in [6.45, 7) is 5.90. The third-order valence-corrected chi connectivity index (χ3v) is 2.85. The van der Waals surface area contributed by atoms with Crippen LogP contribution in [0.25, 0.3) is 0 Å². The molecule has 0 spiro atoms. The van der Waals surface area contributed by atoms with Gasteiger partial charge in [-0.1, -0.05) is 28.1 Å². The average Bonchev–Trinajstić information content (AvgIpc) is 2.38. The van der Waals surface area contributed by atoms with Gasteiger partial charge in [-0.3, -0.25) is 4.79 Å². The molecule has 5 heteroatoms. The number of Topliss-reactive ketones (excluding diaryl/α,β-unsaturated/α-hetero) is 1. The fourth-order valence-corrected chi connectivity index (χ4v) is 1.89. The number of rotatable bonds is 6. The highest BCUT2D eigenvalue weighted by molar-refractivity contribution is 9.10. The summed E-state index contributed by atoms with van der Waals surface area (Å²) in [5.41, 5.74) is 0.510. The highest BCUT2D eigenvalue weighted by Gasteiger charge is 2.24. The fourth-order valence-electron chi connectivity index (χ4n) is 1.64. The Balaban J connectivity index is 3.33. The third kappa shape index (κ3) is 3.80. The lowest BCUT2D eigenvalue weighted by atomic mass is 10.0. The van der Waals surface area contributed by atoms with Crippen LogP contribution < -0.4 is 4.74 Å². The number of hydrogen-bond acceptors (Lipinski definition) is 4. The Kier molecular flexibility index (Phi) is 6.02. The molecule has 0 bridgehead atoms. The highest BCUT2D eigenvalue weighted by Crippen LogP contribution is 2.26. The number of hydrogen-bond donors (Lipinski definition) is 0. The number of alkyl halides is 1. The molecule has 0 saturated carbocycles. The Morgan fingerprint density at radius 3 is 2.47 bits per heavy atom. The first-order chi connectivity index (χ1) is 9.02. The van der Waals surface area contributed by atoms with Crippen LogP contribution in [0.2, 0.25) is 0 Å². The lowest BCUT2D eigenvalue weighted by Gasteiger charge is -2.14. The van der Waals surface area contributed by atoms with Gasteiger partial charge in [0, 0.05) is 5.56 Å². The molecule has 0 aliphatic heterocycles. The van der Waals surface area contributed by atoms with E-state index >= 15 is 0 Å². The summed E-state index contributed by atoms with van der Waals surface area (Å²) >= 11 is 3.22. The standard InChI is InChI=1S/C14H17BrO4/c1-4-18-11-8-6-7-10(13(16)9(3)15)12(11)14(17)19-5-2/h6-9H,4-5H2,1-3H3. The third-order valence-electron chi connectivity index (χ3n) is 2.43. The summed E-state index contributed by atoms with van der Waals surface area (Å²) in [5.74, 6) is -0.340. The summed E-state index contributed by atoms with van der Waals surface area (Å²) in [4.78, 5) is 23.8. The van der Waals surface area contributed by atoms with Crippen LogP contribution in [0.3, 0.4) is 0 Å². The SMILES string of the molecule is CCOC(=O)c1c(OCC)cccc1C(=O)C(C)Br. The zero-order valence-corrected chi connectivity index (χ0v) is 12.8. The molecule has 0 saturated heterocycles. The van der Waals surface area contributed by atoms with E-state index in [1.807, 2.05) is 6.92 Å². The second-order valence-electron chi connectivity index (χ2n) is 3.81. The van der Waals surface area contributed by atoms with E-state index in [1.54, 1.807) is 32.0 Å². The number of halogens is 1. The first kappa shape index (κ1) is 15.7. The van der Waals surface area contributed by atoms with Crippen LogP contribution >= 0.6 is 15.9 Å². The van der Waals surface area contributed by atoms with Crippen molar-refractivity contribution in [3.05, 3.63) is 29.3 Å². The quantitative estimate of drug-likeness (QED) is 0.457. The zero-order chi connectivity index (χ0) is 14.4. The molecule has 0 aromatic heterocycles. The van der Waals surface area contributed by atoms with Crippen molar-refractivity contribution in [2.24, 2.45) is 0 Å². The first-order valence-corrected chi connectivity index (χ1v) is 7.05. The topological polar surface area (TPSA) is 52.6 Å². The average molecular weight is 329 g/mol. The van der Waals surface area contributed by atoms with Gasteiger partial charge in [0.1, 0.15) is 11.3 Å². The Morgan fingerprint density at radius 2 is 1.95 bits per heavy atom. The minimum absolute atomic E-state index is 0.176. The summed E-state index contributed by atoms with van der Waals surface area (Å²) in [5, 5.41) is 0. The summed E-state index contributed by atoms with van der Waals surface area (Å²) in [6.07, 6.45) is 0. The number of ether oxygens (including phenoxy) is 2. The normalized spacial score (nSPS) is 11.8. The number of carbonyl (C=O) groups excluding carboxylic acids is 2. The minimum atomic E-state index is -0.539. The van der Waals surface area contributed by atoms with Gasteiger partial charge in [-0.05, 0) is 26.8 Å². The zero-order valence-electron chi connectivity index (χ0n) is 11.2. The van der Waals surface area contributed by atoms with E-state index < -0.39 is 5.97 Å². The molecule has 1 atom stereocenters. The van der Waals surface area contributed by atoms with E-state index in [1.165, 1.54) is 0 Å². The largest absolute Gasteiger partial charge is 0.493 e. The van der Waals surface area contributed by atoms with Gasteiger partial charge in [0.15, 0.2) is 5.78 Å². The Labute approximate surface area is 121 Å². The van der Waals surface area contributed by atoms with Crippen LogP contribution in [0, 0.1) is 0 Å². The maximum absolute atomic E-state index is 12.1. The molecule has 1 rings (SSSR count). The van der Waals surface area contributed by atoms with E-state index in [0.29, 0.717) is 17.9 Å². The predicted molar refractivity (Wildman–Crippen MR) is 76.3 cm³/mol. The molecule has 4 nitrogen and oxygen atoms in total. The van der Waals surface area contributed by atoms with Crippen molar-refractivity contribution in [1.82, 2.24) is 0 Å². The Hall–Kier alpha value is -1.36. The molecule has 0 radical (unpaired) electrons. The number of esters is 1. The summed E-state index contributed by atoms with van der Waals surface area (Å²) in [7, 11) is 0. The molecule has 19 heavy (non-hydrogen) atoms. The molecule has 0 fully saturated rings. The molecule has 0 heterocycles. The molecule has 104 valence electrons. The maximum atomic E-state index is 12.1. The van der Waals surface area contributed by atoms with Crippen molar-refractivity contribution in [3.63, 3.8) is 0 Å². The fraction of sp³-hybridized carbons (Fsp3) is 0.429. The molecule has 0 N–H and O–H groups in total. The van der Waals surface area contributed by atoms with Gasteiger partial charge >= 0.3 is 5.97 Å². The summed E-state index contributed by atoms with van der Waals surface area (Å²) in [6, 6.07) is 4.95. The second kappa shape index (κ2) is 7.28. The van der Waals surface area contributed by atoms with Crippen molar-refractivity contribution in [2.75, 3.05) is 13.2 Å². The first-order valence-electron chi connectivity index (χ1n) is 6.14. The molecule has 1 aromatic carbocycles. The van der Waals surface area contributed by atoms with Crippen LogP contribution in [-0.4, -0.2) is 29.8 Å². The van der Waals surface area contributed by atoms with E-state index in [0.717, 1.165) is 0 Å². The molecule has 1 aromatic rings. The second-order valence-corrected chi connectivity index (χ2v) is 5.19. The van der Waals surface area contributed by atoms with Crippen LogP contribution in [0.15, 0.2) is 18.2 Å². The molecule has 0 amide bonds. The van der Waals surface area contributed by atoms with E-state index in [4.69, 9.17) is 9.47 Å². The van der Waals surface area contributed by atoms with Crippen molar-refractivity contribution < 1.29 is 19.1 Å². The highest BCUT2D eigenvalue weighted by atomic mass is 79.9. The van der Waals surface area contributed by atoms with Crippen LogP contribution in [0.5, 0.6) is 5.75 Å². The van der Waals surface area contributed by atoms with Crippen molar-refractivity contribution >= 4 is 27.7 Å². The lowest BCUT2D eigenvalue weighted by molar-refractivity contribution is 0.0518. The van der Waals surface area contributed by atoms with Crippen LogP contribution in [0.4, 0.5) is 0 Å². The van der Waals surface area contributed by atoms with Gasteiger partial charge in [0.25, 0.3) is 0 Å².